The summed E-state index contributed by atoms with van der Waals surface area (Å²) in [6.07, 6.45) is 2.17. The van der Waals surface area contributed by atoms with Gasteiger partial charge in [0.25, 0.3) is 5.91 Å². The van der Waals surface area contributed by atoms with E-state index in [1.54, 1.807) is 26.1 Å². The van der Waals surface area contributed by atoms with Gasteiger partial charge in [0.15, 0.2) is 0 Å². The molecule has 0 aliphatic carbocycles. The highest BCUT2D eigenvalue weighted by Crippen LogP contribution is 2.26. The first-order chi connectivity index (χ1) is 12.1. The lowest BCUT2D eigenvalue weighted by Gasteiger charge is -2.13. The normalized spacial score (nSPS) is 16.7. The number of nitrogens with one attached hydrogen (secondary N) is 3. The predicted octanol–water partition coefficient (Wildman–Crippen LogP) is 3.48. The van der Waals surface area contributed by atoms with Gasteiger partial charge < -0.3 is 20.7 Å². The maximum Gasteiger partial charge on any atom is 0.260 e. The summed E-state index contributed by atoms with van der Waals surface area (Å²) in [5.74, 6) is -0.722. The molecule has 1 atom stereocenters. The Morgan fingerprint density at radius 1 is 1.48 bits per heavy atom. The van der Waals surface area contributed by atoms with Crippen molar-refractivity contribution in [3.8, 4) is 0 Å². The number of ether oxygens (including phenoxy) is 1. The summed E-state index contributed by atoms with van der Waals surface area (Å²) in [6, 6.07) is 4.61. The van der Waals surface area contributed by atoms with Gasteiger partial charge in [-0.25, -0.2) is 4.39 Å². The fourth-order valence-corrected chi connectivity index (χ4v) is 3.51. The molecule has 1 fully saturated rings. The van der Waals surface area contributed by atoms with E-state index in [0.717, 1.165) is 19.4 Å². The molecule has 2 heterocycles. The Morgan fingerprint density at radius 3 is 3.00 bits per heavy atom. The van der Waals surface area contributed by atoms with Crippen LogP contribution in [0.15, 0.2) is 18.2 Å². The standard InChI is InChI=1S/C17H21FN4O2S/c1-10-15(17(19-2)25-22-10)16(23)21-11-5-6-14(13(18)8-11)20-9-12-4-3-7-24-12/h5-6,8,12,19-20H,3-4,7,9H2,1-2H3,(H,21,23). The molecule has 8 heteroatoms. The molecule has 3 rings (SSSR count). The smallest absolute Gasteiger partial charge is 0.260 e. The highest BCUT2D eigenvalue weighted by atomic mass is 32.1. The molecule has 2 aromatic rings. The van der Waals surface area contributed by atoms with Crippen LogP contribution < -0.4 is 16.0 Å². The van der Waals surface area contributed by atoms with Crippen LogP contribution in [0, 0.1) is 12.7 Å². The van der Waals surface area contributed by atoms with Crippen LogP contribution in [0.1, 0.15) is 28.9 Å². The fourth-order valence-electron chi connectivity index (χ4n) is 2.77. The summed E-state index contributed by atoms with van der Waals surface area (Å²) in [6.45, 7) is 3.12. The first-order valence-corrected chi connectivity index (χ1v) is 8.96. The zero-order valence-electron chi connectivity index (χ0n) is 14.2. The van der Waals surface area contributed by atoms with Crippen LogP contribution in [0.3, 0.4) is 0 Å². The third kappa shape index (κ3) is 4.08. The number of anilines is 3. The second-order valence-corrected chi connectivity index (χ2v) is 6.66. The van der Waals surface area contributed by atoms with Crippen LogP contribution in [0.4, 0.5) is 20.8 Å². The van der Waals surface area contributed by atoms with Gasteiger partial charge in [0.2, 0.25) is 0 Å². The summed E-state index contributed by atoms with van der Waals surface area (Å²) >= 11 is 1.22. The van der Waals surface area contributed by atoms with Crippen molar-refractivity contribution in [2.75, 3.05) is 36.1 Å². The van der Waals surface area contributed by atoms with Crippen molar-refractivity contribution in [1.82, 2.24) is 4.37 Å². The quantitative estimate of drug-likeness (QED) is 0.732. The molecule has 25 heavy (non-hydrogen) atoms. The molecule has 0 saturated carbocycles. The van der Waals surface area contributed by atoms with Gasteiger partial charge in [0.05, 0.1) is 23.0 Å². The molecule has 1 aromatic carbocycles. The van der Waals surface area contributed by atoms with Crippen molar-refractivity contribution < 1.29 is 13.9 Å². The molecule has 1 unspecified atom stereocenters. The second kappa shape index (κ2) is 7.79. The van der Waals surface area contributed by atoms with Gasteiger partial charge in [-0.3, -0.25) is 4.79 Å². The van der Waals surface area contributed by atoms with Gasteiger partial charge >= 0.3 is 0 Å². The zero-order valence-corrected chi connectivity index (χ0v) is 15.0. The Kier molecular flexibility index (Phi) is 5.50. The predicted molar refractivity (Wildman–Crippen MR) is 98.2 cm³/mol. The van der Waals surface area contributed by atoms with E-state index in [9.17, 15) is 9.18 Å². The van der Waals surface area contributed by atoms with Crippen LogP contribution >= 0.6 is 11.5 Å². The van der Waals surface area contributed by atoms with Gasteiger partial charge in [-0.15, -0.1) is 0 Å². The van der Waals surface area contributed by atoms with Crippen molar-refractivity contribution in [1.29, 1.82) is 0 Å². The third-order valence-electron chi connectivity index (χ3n) is 4.09. The number of halogens is 1. The Labute approximate surface area is 149 Å². The van der Waals surface area contributed by atoms with Crippen LogP contribution in [-0.2, 0) is 4.74 Å². The van der Waals surface area contributed by atoms with Gasteiger partial charge in [0.1, 0.15) is 10.8 Å². The van der Waals surface area contributed by atoms with E-state index in [0.29, 0.717) is 34.2 Å². The lowest BCUT2D eigenvalue weighted by Crippen LogP contribution is -2.19. The number of carbonyl (C=O) groups is 1. The minimum atomic E-state index is -0.412. The van der Waals surface area contributed by atoms with Crippen molar-refractivity contribution in [2.24, 2.45) is 0 Å². The average Bonchev–Trinajstić information content (AvgIpc) is 3.23. The number of amides is 1. The fraction of sp³-hybridized carbons (Fsp3) is 0.412. The molecule has 3 N–H and O–H groups in total. The Balaban J connectivity index is 1.65. The molecule has 1 aliphatic rings. The van der Waals surface area contributed by atoms with Crippen molar-refractivity contribution in [2.45, 2.75) is 25.9 Å². The summed E-state index contributed by atoms with van der Waals surface area (Å²) in [4.78, 5) is 12.4. The molecular weight excluding hydrogens is 343 g/mol. The van der Waals surface area contributed by atoms with Crippen LogP contribution in [0.5, 0.6) is 0 Å². The Morgan fingerprint density at radius 2 is 2.32 bits per heavy atom. The topological polar surface area (TPSA) is 75.3 Å². The molecular formula is C17H21FN4O2S. The van der Waals surface area contributed by atoms with Gasteiger partial charge in [-0.2, -0.15) is 4.37 Å². The lowest BCUT2D eigenvalue weighted by molar-refractivity contribution is 0.102. The Hall–Kier alpha value is -2.19. The third-order valence-corrected chi connectivity index (χ3v) is 5.04. The minimum Gasteiger partial charge on any atom is -0.380 e. The molecule has 6 nitrogen and oxygen atoms in total. The summed E-state index contributed by atoms with van der Waals surface area (Å²) in [5.41, 5.74) is 1.92. The number of hydrogen-bond donors (Lipinski definition) is 3. The number of aryl methyl sites for hydroxylation is 1. The van der Waals surface area contributed by atoms with E-state index in [1.165, 1.54) is 17.6 Å². The summed E-state index contributed by atoms with van der Waals surface area (Å²) in [5, 5.41) is 9.41. The van der Waals surface area contributed by atoms with Crippen LogP contribution in [-0.4, -0.2) is 36.6 Å². The van der Waals surface area contributed by atoms with Gasteiger partial charge in [0, 0.05) is 25.9 Å². The zero-order chi connectivity index (χ0) is 17.8. The van der Waals surface area contributed by atoms with E-state index >= 15 is 0 Å². The molecule has 134 valence electrons. The van der Waals surface area contributed by atoms with Gasteiger partial charge in [-0.05, 0) is 49.5 Å². The van der Waals surface area contributed by atoms with Gasteiger partial charge in [-0.1, -0.05) is 0 Å². The van der Waals surface area contributed by atoms with Crippen LogP contribution in [0.25, 0.3) is 0 Å². The van der Waals surface area contributed by atoms with Crippen molar-refractivity contribution in [3.05, 3.63) is 35.3 Å². The van der Waals surface area contributed by atoms with Crippen LogP contribution in [0.2, 0.25) is 0 Å². The highest BCUT2D eigenvalue weighted by molar-refractivity contribution is 7.10. The van der Waals surface area contributed by atoms with E-state index in [2.05, 4.69) is 20.3 Å². The number of benzene rings is 1. The lowest BCUT2D eigenvalue weighted by atomic mass is 10.2. The first kappa shape index (κ1) is 17.6. The molecule has 1 aromatic heterocycles. The number of aromatic nitrogens is 1. The SMILES string of the molecule is CNc1snc(C)c1C(=O)Nc1ccc(NCC2CCCO2)c(F)c1. The Bertz CT molecular complexity index is 759. The van der Waals surface area contributed by atoms with E-state index in [4.69, 9.17) is 4.74 Å². The number of rotatable bonds is 6. The maximum atomic E-state index is 14.3. The molecule has 0 bridgehead atoms. The molecule has 1 saturated heterocycles. The summed E-state index contributed by atoms with van der Waals surface area (Å²) < 4.78 is 23.9. The summed E-state index contributed by atoms with van der Waals surface area (Å²) in [7, 11) is 1.73. The number of nitrogens with zero attached hydrogens (tertiary/aromatic N) is 1. The average molecular weight is 364 g/mol. The number of carbonyl (C=O) groups excluding carboxylic acids is 1. The highest BCUT2D eigenvalue weighted by Gasteiger charge is 2.19. The van der Waals surface area contributed by atoms with E-state index in [1.807, 2.05) is 0 Å². The second-order valence-electron chi connectivity index (χ2n) is 5.89. The first-order valence-electron chi connectivity index (χ1n) is 8.19. The molecule has 1 aliphatic heterocycles. The molecule has 0 radical (unpaired) electrons. The van der Waals surface area contributed by atoms with E-state index < -0.39 is 5.82 Å². The molecule has 0 spiro atoms. The molecule has 1 amide bonds. The van der Waals surface area contributed by atoms with Crippen molar-refractivity contribution in [3.63, 3.8) is 0 Å². The monoisotopic (exact) mass is 364 g/mol. The minimum absolute atomic E-state index is 0.132. The van der Waals surface area contributed by atoms with E-state index in [-0.39, 0.29) is 12.0 Å². The van der Waals surface area contributed by atoms with Crippen molar-refractivity contribution >= 4 is 33.8 Å². The maximum absolute atomic E-state index is 14.3. The largest absolute Gasteiger partial charge is 0.380 e. The number of hydrogen-bond acceptors (Lipinski definition) is 6.